The Labute approximate surface area is 69.3 Å². The van der Waals surface area contributed by atoms with Gasteiger partial charge in [0.05, 0.1) is 0 Å². The number of benzene rings is 1. The van der Waals surface area contributed by atoms with Crippen molar-refractivity contribution in [2.45, 2.75) is 26.7 Å². The van der Waals surface area contributed by atoms with E-state index >= 15 is 0 Å². The molecule has 0 bridgehead atoms. The van der Waals surface area contributed by atoms with Crippen LogP contribution in [0.15, 0.2) is 12.1 Å². The molecule has 0 nitrogen and oxygen atoms in total. The van der Waals surface area contributed by atoms with Gasteiger partial charge in [0, 0.05) is 0 Å². The summed E-state index contributed by atoms with van der Waals surface area (Å²) in [7, 11) is 0. The van der Waals surface area contributed by atoms with E-state index in [1.807, 2.05) is 0 Å². The molecule has 1 aromatic rings. The van der Waals surface area contributed by atoms with E-state index in [0.29, 0.717) is 0 Å². The third kappa shape index (κ3) is 2.07. The van der Waals surface area contributed by atoms with Gasteiger partial charge in [0.2, 0.25) is 0 Å². The molecule has 0 heterocycles. The highest BCUT2D eigenvalue weighted by atomic mass is 14.0. The first-order valence-electron chi connectivity index (χ1n) is 4.13. The largest absolute Gasteiger partial charge is 0.0613 e. The fraction of sp³-hybridized carbons (Fsp3) is 0.364. The van der Waals surface area contributed by atoms with Crippen LogP contribution in [0.5, 0.6) is 0 Å². The van der Waals surface area contributed by atoms with Crippen molar-refractivity contribution in [2.75, 3.05) is 0 Å². The van der Waals surface area contributed by atoms with Gasteiger partial charge in [-0.1, -0.05) is 26.0 Å². The van der Waals surface area contributed by atoms with Crippen molar-refractivity contribution in [2.24, 2.45) is 0 Å². The molecule has 0 fully saturated rings. The average molecular weight is 146 g/mol. The first-order valence-corrected chi connectivity index (χ1v) is 4.13. The van der Waals surface area contributed by atoms with Gasteiger partial charge in [-0.15, -0.1) is 0 Å². The lowest BCUT2D eigenvalue weighted by atomic mass is 10.0. The van der Waals surface area contributed by atoms with Crippen molar-refractivity contribution < 1.29 is 0 Å². The summed E-state index contributed by atoms with van der Waals surface area (Å²) in [5.74, 6) is 0. The summed E-state index contributed by atoms with van der Waals surface area (Å²) < 4.78 is 0. The smallest absolute Gasteiger partial charge is 0.0114 e. The summed E-state index contributed by atoms with van der Waals surface area (Å²) in [5, 5.41) is 0. The number of hydrogen-bond acceptors (Lipinski definition) is 0. The molecule has 2 radical (unpaired) electrons. The van der Waals surface area contributed by atoms with Crippen molar-refractivity contribution in [3.8, 4) is 0 Å². The highest BCUT2D eigenvalue weighted by molar-refractivity contribution is 5.30. The predicted molar refractivity (Wildman–Crippen MR) is 48.5 cm³/mol. The zero-order valence-corrected chi connectivity index (χ0v) is 7.28. The molecule has 11 heavy (non-hydrogen) atoms. The molecule has 0 amide bonds. The van der Waals surface area contributed by atoms with Gasteiger partial charge in [-0.2, -0.15) is 0 Å². The number of hydrogen-bond donors (Lipinski definition) is 0. The molecular formula is C11H14. The van der Waals surface area contributed by atoms with Crippen LogP contribution in [0.4, 0.5) is 0 Å². The lowest BCUT2D eigenvalue weighted by Gasteiger charge is -2.02. The Bertz CT molecular complexity index is 214. The second-order valence-corrected chi connectivity index (χ2v) is 2.75. The molecule has 0 saturated carbocycles. The summed E-state index contributed by atoms with van der Waals surface area (Å²) >= 11 is 0. The molecule has 1 aromatic carbocycles. The van der Waals surface area contributed by atoms with Gasteiger partial charge in [0.15, 0.2) is 0 Å². The Morgan fingerprint density at radius 3 is 2.00 bits per heavy atom. The van der Waals surface area contributed by atoms with Gasteiger partial charge in [0.1, 0.15) is 0 Å². The van der Waals surface area contributed by atoms with Crippen LogP contribution in [0.3, 0.4) is 0 Å². The van der Waals surface area contributed by atoms with Crippen molar-refractivity contribution >= 4 is 0 Å². The van der Waals surface area contributed by atoms with E-state index in [4.69, 9.17) is 0 Å². The summed E-state index contributed by atoms with van der Waals surface area (Å²) in [5.41, 5.74) is 3.65. The van der Waals surface area contributed by atoms with Crippen molar-refractivity contribution in [3.05, 3.63) is 41.8 Å². The van der Waals surface area contributed by atoms with Gasteiger partial charge in [-0.25, -0.2) is 0 Å². The molecule has 0 aliphatic heterocycles. The molecule has 0 unspecified atom stereocenters. The second kappa shape index (κ2) is 3.56. The molecule has 0 spiro atoms. The first-order chi connectivity index (χ1) is 5.26. The minimum absolute atomic E-state index is 1.05. The Morgan fingerprint density at radius 2 is 1.64 bits per heavy atom. The molecule has 58 valence electrons. The Morgan fingerprint density at radius 1 is 1.18 bits per heavy atom. The standard InChI is InChI=1S/C11H14/c1-4-10-6-9(3)7-11(5-2)8-10/h6-7H,3-5H2,1-2H3. The minimum Gasteiger partial charge on any atom is -0.0613 e. The normalized spacial score (nSPS) is 10.1. The van der Waals surface area contributed by atoms with Gasteiger partial charge in [0.25, 0.3) is 0 Å². The molecule has 0 atom stereocenters. The highest BCUT2D eigenvalue weighted by Gasteiger charge is 1.94. The van der Waals surface area contributed by atoms with Crippen molar-refractivity contribution in [1.29, 1.82) is 0 Å². The quantitative estimate of drug-likeness (QED) is 0.602. The lowest BCUT2D eigenvalue weighted by Crippen LogP contribution is -1.88. The monoisotopic (exact) mass is 146 g/mol. The molecule has 0 aliphatic rings. The zero-order valence-electron chi connectivity index (χ0n) is 7.28. The first kappa shape index (κ1) is 8.32. The van der Waals surface area contributed by atoms with E-state index in [9.17, 15) is 0 Å². The molecule has 1 rings (SSSR count). The topological polar surface area (TPSA) is 0 Å². The third-order valence-corrected chi connectivity index (χ3v) is 1.80. The molecule has 0 saturated heterocycles. The minimum atomic E-state index is 1.05. The third-order valence-electron chi connectivity index (χ3n) is 1.80. The maximum Gasteiger partial charge on any atom is -0.0114 e. The fourth-order valence-corrected chi connectivity index (χ4v) is 1.15. The van der Waals surface area contributed by atoms with E-state index < -0.39 is 0 Å². The Hall–Kier alpha value is -0.780. The fourth-order valence-electron chi connectivity index (χ4n) is 1.15. The summed E-state index contributed by atoms with van der Waals surface area (Å²) in [6.07, 6.45) is 2.10. The molecular weight excluding hydrogens is 132 g/mol. The van der Waals surface area contributed by atoms with E-state index in [0.717, 1.165) is 18.4 Å². The molecule has 0 aliphatic carbocycles. The Kier molecular flexibility index (Phi) is 2.70. The van der Waals surface area contributed by atoms with E-state index in [1.165, 1.54) is 11.1 Å². The average Bonchev–Trinajstić information content (AvgIpc) is 2.03. The van der Waals surface area contributed by atoms with Crippen molar-refractivity contribution in [1.82, 2.24) is 0 Å². The second-order valence-electron chi connectivity index (χ2n) is 2.75. The highest BCUT2D eigenvalue weighted by Crippen LogP contribution is 2.09. The van der Waals surface area contributed by atoms with Gasteiger partial charge in [-0.3, -0.25) is 0 Å². The lowest BCUT2D eigenvalue weighted by molar-refractivity contribution is 1.08. The summed E-state index contributed by atoms with van der Waals surface area (Å²) in [6, 6.07) is 7.54. The van der Waals surface area contributed by atoms with E-state index in [2.05, 4.69) is 39.0 Å². The number of rotatable bonds is 2. The van der Waals surface area contributed by atoms with Crippen LogP contribution in [-0.4, -0.2) is 0 Å². The van der Waals surface area contributed by atoms with Gasteiger partial charge in [-0.05, 0) is 42.5 Å². The van der Waals surface area contributed by atoms with Crippen LogP contribution in [0.2, 0.25) is 0 Å². The van der Waals surface area contributed by atoms with Crippen LogP contribution < -0.4 is 0 Å². The maximum absolute atomic E-state index is 3.92. The van der Waals surface area contributed by atoms with Crippen LogP contribution in [0, 0.1) is 13.0 Å². The summed E-state index contributed by atoms with van der Waals surface area (Å²) in [6.45, 7) is 8.20. The van der Waals surface area contributed by atoms with E-state index in [-0.39, 0.29) is 0 Å². The predicted octanol–water partition coefficient (Wildman–Crippen LogP) is 2.79. The van der Waals surface area contributed by atoms with Crippen LogP contribution in [0.25, 0.3) is 0 Å². The van der Waals surface area contributed by atoms with Crippen LogP contribution in [0.1, 0.15) is 30.5 Å². The SMILES string of the molecule is [CH2]c1cc(CC)[c]c(CC)c1. The molecule has 0 heteroatoms. The van der Waals surface area contributed by atoms with Gasteiger partial charge < -0.3 is 0 Å². The maximum atomic E-state index is 3.92. The summed E-state index contributed by atoms with van der Waals surface area (Å²) in [4.78, 5) is 0. The van der Waals surface area contributed by atoms with E-state index in [1.54, 1.807) is 0 Å². The van der Waals surface area contributed by atoms with Gasteiger partial charge >= 0.3 is 0 Å². The zero-order chi connectivity index (χ0) is 8.27. The molecule has 0 aromatic heterocycles. The van der Waals surface area contributed by atoms with Crippen LogP contribution in [-0.2, 0) is 12.8 Å². The molecule has 0 N–H and O–H groups in total. The number of aryl methyl sites for hydroxylation is 2. The van der Waals surface area contributed by atoms with Crippen molar-refractivity contribution in [3.63, 3.8) is 0 Å². The van der Waals surface area contributed by atoms with Crippen LogP contribution >= 0.6 is 0 Å². The Balaban J connectivity index is 3.02.